The van der Waals surface area contributed by atoms with Crippen LogP contribution in [-0.4, -0.2) is 45.0 Å². The maximum Gasteiger partial charge on any atom is 0.253 e. The third kappa shape index (κ3) is 5.02. The number of pyridine rings is 1. The molecular weight excluding hydrogens is 454 g/mol. The van der Waals surface area contributed by atoms with Gasteiger partial charge in [-0.25, -0.2) is 4.98 Å². The van der Waals surface area contributed by atoms with Crippen LogP contribution < -0.4 is 5.32 Å². The Kier molecular flexibility index (Phi) is 6.58. The van der Waals surface area contributed by atoms with Crippen molar-refractivity contribution < 1.29 is 14.0 Å². The topological polar surface area (TPSA) is 101 Å². The number of nitrogens with zero attached hydrogens (tertiary/aromatic N) is 4. The first-order valence-electron chi connectivity index (χ1n) is 12.0. The highest BCUT2D eigenvalue weighted by molar-refractivity contribution is 5.95. The van der Waals surface area contributed by atoms with Crippen LogP contribution in [0, 0.1) is 19.8 Å². The van der Waals surface area contributed by atoms with Gasteiger partial charge < -0.3 is 14.6 Å². The van der Waals surface area contributed by atoms with Gasteiger partial charge in [0.2, 0.25) is 17.7 Å². The zero-order valence-corrected chi connectivity index (χ0v) is 20.3. The number of carbonyl (C=O) groups excluding carboxylic acids is 2. The number of hydrogen-bond acceptors (Lipinski definition) is 6. The van der Waals surface area contributed by atoms with Crippen LogP contribution in [0.15, 0.2) is 71.3 Å². The molecule has 0 saturated carbocycles. The minimum Gasteiger partial charge on any atom is -0.416 e. The van der Waals surface area contributed by atoms with Crippen molar-refractivity contribution in [2.24, 2.45) is 5.92 Å². The molecular formula is C28H27N5O3. The molecule has 3 heterocycles. The molecule has 1 aliphatic rings. The lowest BCUT2D eigenvalue weighted by molar-refractivity contribution is -0.121. The fourth-order valence-electron chi connectivity index (χ4n) is 4.31. The molecule has 36 heavy (non-hydrogen) atoms. The van der Waals surface area contributed by atoms with Crippen molar-refractivity contribution in [3.63, 3.8) is 0 Å². The number of nitrogens with one attached hydrogen (secondary N) is 1. The van der Waals surface area contributed by atoms with Crippen molar-refractivity contribution in [3.8, 4) is 22.9 Å². The smallest absolute Gasteiger partial charge is 0.253 e. The molecule has 1 N–H and O–H groups in total. The lowest BCUT2D eigenvalue weighted by Crippen LogP contribution is -2.41. The van der Waals surface area contributed by atoms with Crippen LogP contribution in [0.5, 0.6) is 0 Å². The molecule has 2 amide bonds. The molecule has 0 bridgehead atoms. The molecule has 1 fully saturated rings. The standard InChI is InChI=1S/C28H27N5O3/c1-18-7-12-24(29-17-18)30-25(34)20-13-15-33(16-14-20)28(35)22-10-8-21(9-11-22)26-31-32-27(36-26)23-6-4-3-5-19(23)2/h3-12,17,20H,13-16H2,1-2H3,(H,29,30,34). The molecule has 0 atom stereocenters. The van der Waals surface area contributed by atoms with Gasteiger partial charge in [0.05, 0.1) is 0 Å². The maximum atomic E-state index is 13.0. The van der Waals surface area contributed by atoms with Crippen LogP contribution in [0.3, 0.4) is 0 Å². The van der Waals surface area contributed by atoms with Crippen LogP contribution in [0.4, 0.5) is 5.82 Å². The number of aromatic nitrogens is 3. The van der Waals surface area contributed by atoms with E-state index < -0.39 is 0 Å². The maximum absolute atomic E-state index is 13.0. The van der Waals surface area contributed by atoms with Gasteiger partial charge in [0, 0.05) is 41.9 Å². The number of benzene rings is 2. The lowest BCUT2D eigenvalue weighted by Gasteiger charge is -2.31. The monoisotopic (exact) mass is 481 g/mol. The highest BCUT2D eigenvalue weighted by Gasteiger charge is 2.28. The Morgan fingerprint density at radius 3 is 2.33 bits per heavy atom. The Labute approximate surface area is 209 Å². The highest BCUT2D eigenvalue weighted by atomic mass is 16.4. The van der Waals surface area contributed by atoms with Gasteiger partial charge in [-0.05, 0) is 74.2 Å². The molecule has 182 valence electrons. The number of amides is 2. The summed E-state index contributed by atoms with van der Waals surface area (Å²) in [5, 5.41) is 11.2. The summed E-state index contributed by atoms with van der Waals surface area (Å²) >= 11 is 0. The van der Waals surface area contributed by atoms with Crippen LogP contribution in [-0.2, 0) is 4.79 Å². The number of anilines is 1. The van der Waals surface area contributed by atoms with Gasteiger partial charge in [0.25, 0.3) is 5.91 Å². The van der Waals surface area contributed by atoms with E-state index in [1.54, 1.807) is 29.3 Å². The molecule has 1 aliphatic heterocycles. The predicted octanol–water partition coefficient (Wildman–Crippen LogP) is 4.91. The van der Waals surface area contributed by atoms with Crippen LogP contribution >= 0.6 is 0 Å². The second-order valence-electron chi connectivity index (χ2n) is 9.08. The van der Waals surface area contributed by atoms with Crippen LogP contribution in [0.25, 0.3) is 22.9 Å². The average Bonchev–Trinajstić information content (AvgIpc) is 3.40. The number of aryl methyl sites for hydroxylation is 2. The van der Waals surface area contributed by atoms with Crippen LogP contribution in [0.2, 0.25) is 0 Å². The Morgan fingerprint density at radius 1 is 0.917 bits per heavy atom. The average molecular weight is 482 g/mol. The molecule has 5 rings (SSSR count). The lowest BCUT2D eigenvalue weighted by atomic mass is 9.95. The summed E-state index contributed by atoms with van der Waals surface area (Å²) in [6, 6.07) is 18.7. The van der Waals surface area contributed by atoms with Gasteiger partial charge in [0.1, 0.15) is 5.82 Å². The Hall–Kier alpha value is -4.33. The fraction of sp³-hybridized carbons (Fsp3) is 0.250. The summed E-state index contributed by atoms with van der Waals surface area (Å²) in [5.41, 5.74) is 4.33. The molecule has 1 saturated heterocycles. The highest BCUT2D eigenvalue weighted by Crippen LogP contribution is 2.27. The quantitative estimate of drug-likeness (QED) is 0.435. The van der Waals surface area contributed by atoms with Crippen molar-refractivity contribution in [2.75, 3.05) is 18.4 Å². The summed E-state index contributed by atoms with van der Waals surface area (Å²) < 4.78 is 5.88. The first kappa shape index (κ1) is 23.4. The molecule has 0 aliphatic carbocycles. The molecule has 2 aromatic carbocycles. The number of likely N-dealkylation sites (tertiary alicyclic amines) is 1. The summed E-state index contributed by atoms with van der Waals surface area (Å²) in [7, 11) is 0. The SMILES string of the molecule is Cc1ccc(NC(=O)C2CCN(C(=O)c3ccc(-c4nnc(-c5ccccc5C)o4)cc3)CC2)nc1. The van der Waals surface area contributed by atoms with E-state index in [2.05, 4.69) is 20.5 Å². The van der Waals surface area contributed by atoms with Crippen molar-refractivity contribution in [2.45, 2.75) is 26.7 Å². The molecule has 4 aromatic rings. The van der Waals surface area contributed by atoms with Crippen molar-refractivity contribution in [1.82, 2.24) is 20.1 Å². The van der Waals surface area contributed by atoms with Crippen molar-refractivity contribution in [1.29, 1.82) is 0 Å². The Morgan fingerprint density at radius 2 is 1.64 bits per heavy atom. The molecule has 8 nitrogen and oxygen atoms in total. The van der Waals surface area contributed by atoms with Gasteiger partial charge >= 0.3 is 0 Å². The fourth-order valence-corrected chi connectivity index (χ4v) is 4.31. The summed E-state index contributed by atoms with van der Waals surface area (Å²) in [5.74, 6) is 1.19. The number of rotatable bonds is 5. The Balaban J connectivity index is 1.18. The second kappa shape index (κ2) is 10.1. The van der Waals surface area contributed by atoms with E-state index in [9.17, 15) is 9.59 Å². The third-order valence-electron chi connectivity index (χ3n) is 6.49. The van der Waals surface area contributed by atoms with E-state index in [1.807, 2.05) is 56.3 Å². The first-order valence-corrected chi connectivity index (χ1v) is 12.0. The van der Waals surface area contributed by atoms with E-state index >= 15 is 0 Å². The van der Waals surface area contributed by atoms with E-state index in [4.69, 9.17) is 4.42 Å². The number of piperidine rings is 1. The largest absolute Gasteiger partial charge is 0.416 e. The second-order valence-corrected chi connectivity index (χ2v) is 9.08. The van der Waals surface area contributed by atoms with Crippen molar-refractivity contribution in [3.05, 3.63) is 83.6 Å². The first-order chi connectivity index (χ1) is 17.5. The number of hydrogen-bond donors (Lipinski definition) is 1. The molecule has 0 unspecified atom stereocenters. The summed E-state index contributed by atoms with van der Waals surface area (Å²) in [4.78, 5) is 31.7. The van der Waals surface area contributed by atoms with Gasteiger partial charge in [-0.15, -0.1) is 10.2 Å². The molecule has 0 radical (unpaired) electrons. The molecule has 8 heteroatoms. The number of carbonyl (C=O) groups is 2. The zero-order valence-electron chi connectivity index (χ0n) is 20.3. The van der Waals surface area contributed by atoms with E-state index in [1.165, 1.54) is 0 Å². The van der Waals surface area contributed by atoms with Gasteiger partial charge in [-0.2, -0.15) is 0 Å². The zero-order chi connectivity index (χ0) is 25.1. The Bertz CT molecular complexity index is 1370. The van der Waals surface area contributed by atoms with Crippen LogP contribution in [0.1, 0.15) is 34.3 Å². The minimum atomic E-state index is -0.139. The normalized spacial score (nSPS) is 14.0. The van der Waals surface area contributed by atoms with Crippen molar-refractivity contribution >= 4 is 17.6 Å². The van der Waals surface area contributed by atoms with Gasteiger partial charge in [-0.3, -0.25) is 9.59 Å². The molecule has 0 spiro atoms. The summed E-state index contributed by atoms with van der Waals surface area (Å²) in [6.45, 7) is 5.01. The van der Waals surface area contributed by atoms with Gasteiger partial charge in [0.15, 0.2) is 0 Å². The third-order valence-corrected chi connectivity index (χ3v) is 6.49. The van der Waals surface area contributed by atoms with E-state index in [-0.39, 0.29) is 17.7 Å². The minimum absolute atomic E-state index is 0.0487. The predicted molar refractivity (Wildman–Crippen MR) is 136 cm³/mol. The molecule has 2 aromatic heterocycles. The summed E-state index contributed by atoms with van der Waals surface area (Å²) in [6.07, 6.45) is 2.96. The van der Waals surface area contributed by atoms with E-state index in [0.717, 1.165) is 22.3 Å². The van der Waals surface area contributed by atoms with Gasteiger partial charge in [-0.1, -0.05) is 24.3 Å². The van der Waals surface area contributed by atoms with E-state index in [0.29, 0.717) is 49.1 Å².